The Labute approximate surface area is 106 Å². The number of nitrogens with zero attached hydrogens (tertiary/aromatic N) is 1. The van der Waals surface area contributed by atoms with Crippen molar-refractivity contribution in [3.05, 3.63) is 0 Å². The Kier molecular flexibility index (Phi) is 4.11. The van der Waals surface area contributed by atoms with Crippen molar-refractivity contribution in [2.45, 2.75) is 45.8 Å². The van der Waals surface area contributed by atoms with Gasteiger partial charge in [-0.3, -0.25) is 4.90 Å². The number of hydrogen-bond donors (Lipinski definition) is 1. The first-order valence-corrected chi connectivity index (χ1v) is 7.09. The van der Waals surface area contributed by atoms with Crippen LogP contribution in [0.5, 0.6) is 0 Å². The lowest BCUT2D eigenvalue weighted by atomic mass is 9.64. The molecule has 1 saturated carbocycles. The highest BCUT2D eigenvalue weighted by atomic mass is 16.5. The zero-order chi connectivity index (χ0) is 12.5. The molecule has 0 aromatic heterocycles. The van der Waals surface area contributed by atoms with Crippen LogP contribution in [0.4, 0.5) is 0 Å². The summed E-state index contributed by atoms with van der Waals surface area (Å²) in [6, 6.07) is 0.737. The van der Waals surface area contributed by atoms with Crippen LogP contribution in [0.15, 0.2) is 0 Å². The quantitative estimate of drug-likeness (QED) is 0.792. The molecule has 3 unspecified atom stereocenters. The van der Waals surface area contributed by atoms with E-state index in [0.717, 1.165) is 18.6 Å². The molecule has 3 heteroatoms. The van der Waals surface area contributed by atoms with Crippen molar-refractivity contribution >= 4 is 0 Å². The van der Waals surface area contributed by atoms with E-state index in [-0.39, 0.29) is 0 Å². The van der Waals surface area contributed by atoms with Gasteiger partial charge in [-0.2, -0.15) is 0 Å². The lowest BCUT2D eigenvalue weighted by Gasteiger charge is -2.55. The molecule has 2 aliphatic rings. The number of ether oxygens (including phenoxy) is 1. The van der Waals surface area contributed by atoms with Crippen LogP contribution < -0.4 is 5.32 Å². The minimum absolute atomic E-state index is 0.338. The summed E-state index contributed by atoms with van der Waals surface area (Å²) in [6.07, 6.45) is 3.06. The maximum absolute atomic E-state index is 5.82. The summed E-state index contributed by atoms with van der Waals surface area (Å²) in [5.74, 6) is 0.849. The number of rotatable bonds is 5. The molecule has 1 aliphatic carbocycles. The van der Waals surface area contributed by atoms with E-state index in [4.69, 9.17) is 4.74 Å². The standard InChI is InChI=1S/C14H28N2O/c1-5-17-13-8-12(14(13,2)3)16-7-6-11(10-16)9-15-4/h11-13,15H,5-10H2,1-4H3. The third-order valence-electron chi connectivity index (χ3n) is 4.74. The molecule has 2 fully saturated rings. The van der Waals surface area contributed by atoms with E-state index in [1.807, 2.05) is 0 Å². The van der Waals surface area contributed by atoms with Gasteiger partial charge in [-0.1, -0.05) is 13.8 Å². The first kappa shape index (κ1) is 13.3. The third-order valence-corrected chi connectivity index (χ3v) is 4.74. The molecule has 1 saturated heterocycles. The van der Waals surface area contributed by atoms with Crippen molar-refractivity contribution in [2.24, 2.45) is 11.3 Å². The van der Waals surface area contributed by atoms with E-state index in [1.54, 1.807) is 0 Å². The van der Waals surface area contributed by atoms with Crippen LogP contribution in [0, 0.1) is 11.3 Å². The van der Waals surface area contributed by atoms with Gasteiger partial charge in [-0.15, -0.1) is 0 Å². The van der Waals surface area contributed by atoms with Crippen LogP contribution in [-0.4, -0.2) is 50.3 Å². The zero-order valence-electron chi connectivity index (χ0n) is 11.8. The number of nitrogens with one attached hydrogen (secondary N) is 1. The van der Waals surface area contributed by atoms with Crippen molar-refractivity contribution in [2.75, 3.05) is 33.3 Å². The van der Waals surface area contributed by atoms with Gasteiger partial charge < -0.3 is 10.1 Å². The van der Waals surface area contributed by atoms with Crippen molar-refractivity contribution in [1.82, 2.24) is 10.2 Å². The van der Waals surface area contributed by atoms with E-state index in [0.29, 0.717) is 11.5 Å². The van der Waals surface area contributed by atoms with E-state index in [9.17, 15) is 0 Å². The Morgan fingerprint density at radius 1 is 1.41 bits per heavy atom. The Morgan fingerprint density at radius 2 is 2.18 bits per heavy atom. The summed E-state index contributed by atoms with van der Waals surface area (Å²) in [4.78, 5) is 2.69. The minimum Gasteiger partial charge on any atom is -0.378 e. The summed E-state index contributed by atoms with van der Waals surface area (Å²) < 4.78 is 5.82. The average molecular weight is 240 g/mol. The monoisotopic (exact) mass is 240 g/mol. The number of hydrogen-bond acceptors (Lipinski definition) is 3. The average Bonchev–Trinajstić information content (AvgIpc) is 2.72. The highest BCUT2D eigenvalue weighted by Crippen LogP contribution is 2.46. The van der Waals surface area contributed by atoms with Gasteiger partial charge in [-0.25, -0.2) is 0 Å². The Bertz CT molecular complexity index is 255. The molecule has 0 bridgehead atoms. The molecular weight excluding hydrogens is 212 g/mol. The van der Waals surface area contributed by atoms with Gasteiger partial charge in [0.2, 0.25) is 0 Å². The van der Waals surface area contributed by atoms with Gasteiger partial charge in [0.05, 0.1) is 6.10 Å². The Balaban J connectivity index is 1.85. The topological polar surface area (TPSA) is 24.5 Å². The lowest BCUT2D eigenvalue weighted by molar-refractivity contribution is -0.146. The predicted molar refractivity (Wildman–Crippen MR) is 71.2 cm³/mol. The molecular formula is C14H28N2O. The van der Waals surface area contributed by atoms with E-state index < -0.39 is 0 Å². The molecule has 1 aliphatic heterocycles. The summed E-state index contributed by atoms with van der Waals surface area (Å²) in [7, 11) is 2.06. The Hall–Kier alpha value is -0.120. The van der Waals surface area contributed by atoms with Gasteiger partial charge in [-0.05, 0) is 45.8 Å². The predicted octanol–water partition coefficient (Wildman–Crippen LogP) is 1.73. The molecule has 0 aromatic rings. The second-order valence-electron chi connectivity index (χ2n) is 6.22. The highest BCUT2D eigenvalue weighted by molar-refractivity contribution is 5.05. The molecule has 2 rings (SSSR count). The van der Waals surface area contributed by atoms with Gasteiger partial charge in [0.1, 0.15) is 0 Å². The third kappa shape index (κ3) is 2.51. The summed E-state index contributed by atoms with van der Waals surface area (Å²) >= 11 is 0. The van der Waals surface area contributed by atoms with Crippen LogP contribution in [0.3, 0.4) is 0 Å². The van der Waals surface area contributed by atoms with Gasteiger partial charge in [0, 0.05) is 24.6 Å². The number of likely N-dealkylation sites (tertiary alicyclic amines) is 1. The van der Waals surface area contributed by atoms with Crippen molar-refractivity contribution < 1.29 is 4.74 Å². The molecule has 3 atom stereocenters. The largest absolute Gasteiger partial charge is 0.378 e. The lowest BCUT2D eigenvalue weighted by Crippen LogP contribution is -2.61. The summed E-state index contributed by atoms with van der Waals surface area (Å²) in [5, 5.41) is 3.30. The van der Waals surface area contributed by atoms with Crippen LogP contribution in [-0.2, 0) is 4.74 Å². The molecule has 0 amide bonds. The second-order valence-corrected chi connectivity index (χ2v) is 6.22. The maximum Gasteiger partial charge on any atom is 0.0655 e. The van der Waals surface area contributed by atoms with Crippen LogP contribution in [0.1, 0.15) is 33.6 Å². The fourth-order valence-electron chi connectivity index (χ4n) is 3.57. The highest BCUT2D eigenvalue weighted by Gasteiger charge is 2.52. The molecule has 1 N–H and O–H groups in total. The fourth-order valence-corrected chi connectivity index (χ4v) is 3.57. The maximum atomic E-state index is 5.82. The van der Waals surface area contributed by atoms with Gasteiger partial charge in [0.15, 0.2) is 0 Å². The minimum atomic E-state index is 0.338. The van der Waals surface area contributed by atoms with Gasteiger partial charge in [0.25, 0.3) is 0 Å². The van der Waals surface area contributed by atoms with Crippen molar-refractivity contribution in [3.63, 3.8) is 0 Å². The van der Waals surface area contributed by atoms with Crippen LogP contribution >= 0.6 is 0 Å². The van der Waals surface area contributed by atoms with Crippen LogP contribution in [0.25, 0.3) is 0 Å². The smallest absolute Gasteiger partial charge is 0.0655 e. The second kappa shape index (κ2) is 5.25. The normalized spacial score (nSPS) is 37.1. The van der Waals surface area contributed by atoms with Crippen molar-refractivity contribution in [1.29, 1.82) is 0 Å². The summed E-state index contributed by atoms with van der Waals surface area (Å²) in [5.41, 5.74) is 0.338. The molecule has 0 aromatic carbocycles. The SMILES string of the molecule is CCOC1CC(N2CCC(CNC)C2)C1(C)C. The Morgan fingerprint density at radius 3 is 2.76 bits per heavy atom. The van der Waals surface area contributed by atoms with E-state index in [1.165, 1.54) is 32.5 Å². The van der Waals surface area contributed by atoms with E-state index in [2.05, 4.69) is 38.0 Å². The van der Waals surface area contributed by atoms with E-state index >= 15 is 0 Å². The molecule has 100 valence electrons. The zero-order valence-corrected chi connectivity index (χ0v) is 11.8. The van der Waals surface area contributed by atoms with Crippen LogP contribution in [0.2, 0.25) is 0 Å². The molecule has 0 radical (unpaired) electrons. The molecule has 3 nitrogen and oxygen atoms in total. The molecule has 1 heterocycles. The summed E-state index contributed by atoms with van der Waals surface area (Å²) in [6.45, 7) is 11.4. The molecule has 0 spiro atoms. The molecule has 17 heavy (non-hydrogen) atoms. The van der Waals surface area contributed by atoms with Crippen molar-refractivity contribution in [3.8, 4) is 0 Å². The first-order chi connectivity index (χ1) is 8.09. The fraction of sp³-hybridized carbons (Fsp3) is 1.00. The first-order valence-electron chi connectivity index (χ1n) is 7.09. The van der Waals surface area contributed by atoms with Gasteiger partial charge >= 0.3 is 0 Å².